The van der Waals surface area contributed by atoms with E-state index in [0.717, 1.165) is 37.2 Å². The number of amides is 1. The summed E-state index contributed by atoms with van der Waals surface area (Å²) in [6.07, 6.45) is 1.43. The second-order valence-electron chi connectivity index (χ2n) is 6.77. The highest BCUT2D eigenvalue weighted by Gasteiger charge is 2.20. The van der Waals surface area contributed by atoms with E-state index in [2.05, 4.69) is 4.90 Å². The molecule has 132 valence electrons. The van der Waals surface area contributed by atoms with Crippen molar-refractivity contribution in [2.24, 2.45) is 0 Å². The minimum Gasteiger partial charge on any atom is -0.393 e. The van der Waals surface area contributed by atoms with Crippen molar-refractivity contribution in [2.75, 3.05) is 25.0 Å². The van der Waals surface area contributed by atoms with Gasteiger partial charge in [0.1, 0.15) is 0 Å². The lowest BCUT2D eigenvalue weighted by atomic mass is 10.1. The Morgan fingerprint density at radius 1 is 1.08 bits per heavy atom. The van der Waals surface area contributed by atoms with E-state index in [0.29, 0.717) is 5.56 Å². The number of piperidine rings is 1. The second kappa shape index (κ2) is 7.70. The zero-order valence-electron chi connectivity index (χ0n) is 14.9. The third-order valence-corrected chi connectivity index (χ3v) is 5.13. The van der Waals surface area contributed by atoms with Gasteiger partial charge in [-0.25, -0.2) is 0 Å². The summed E-state index contributed by atoms with van der Waals surface area (Å²) in [4.78, 5) is 16.8. The number of nitrogens with zero attached hydrogens (tertiary/aromatic N) is 2. The maximum absolute atomic E-state index is 12.8. The molecule has 4 nitrogen and oxygen atoms in total. The fourth-order valence-corrected chi connectivity index (χ4v) is 3.27. The van der Waals surface area contributed by atoms with Crippen molar-refractivity contribution in [3.05, 3.63) is 65.7 Å². The molecule has 1 aliphatic heterocycles. The van der Waals surface area contributed by atoms with Crippen molar-refractivity contribution >= 4 is 11.6 Å². The van der Waals surface area contributed by atoms with Gasteiger partial charge in [0, 0.05) is 31.4 Å². The predicted molar refractivity (Wildman–Crippen MR) is 101 cm³/mol. The normalized spacial score (nSPS) is 16.5. The summed E-state index contributed by atoms with van der Waals surface area (Å²) in [7, 11) is 1.85. The van der Waals surface area contributed by atoms with Gasteiger partial charge in [-0.2, -0.15) is 0 Å². The Labute approximate surface area is 149 Å². The van der Waals surface area contributed by atoms with Crippen LogP contribution in [0.15, 0.2) is 54.6 Å². The highest BCUT2D eigenvalue weighted by molar-refractivity contribution is 5.94. The molecule has 0 saturated carbocycles. The summed E-state index contributed by atoms with van der Waals surface area (Å²) >= 11 is 0. The Morgan fingerprint density at radius 3 is 2.28 bits per heavy atom. The monoisotopic (exact) mass is 338 g/mol. The Bertz CT molecular complexity index is 692. The maximum atomic E-state index is 12.8. The van der Waals surface area contributed by atoms with Crippen molar-refractivity contribution in [1.29, 1.82) is 0 Å². The molecule has 1 aliphatic rings. The van der Waals surface area contributed by atoms with Crippen LogP contribution in [0.5, 0.6) is 0 Å². The van der Waals surface area contributed by atoms with Crippen LogP contribution in [0.1, 0.15) is 41.7 Å². The van der Waals surface area contributed by atoms with Gasteiger partial charge in [0.25, 0.3) is 5.91 Å². The van der Waals surface area contributed by atoms with Gasteiger partial charge < -0.3 is 14.9 Å². The fourth-order valence-electron chi connectivity index (χ4n) is 3.27. The van der Waals surface area contributed by atoms with Crippen LogP contribution in [0.3, 0.4) is 0 Å². The topological polar surface area (TPSA) is 43.8 Å². The fraction of sp³-hybridized carbons (Fsp3) is 0.381. The highest BCUT2D eigenvalue weighted by Crippen LogP contribution is 2.23. The second-order valence-corrected chi connectivity index (χ2v) is 6.77. The number of carbonyl (C=O) groups excluding carboxylic acids is 1. The smallest absolute Gasteiger partial charge is 0.254 e. The van der Waals surface area contributed by atoms with Crippen LogP contribution in [-0.4, -0.2) is 42.2 Å². The zero-order chi connectivity index (χ0) is 17.8. The Kier molecular flexibility index (Phi) is 5.39. The number of hydrogen-bond acceptors (Lipinski definition) is 3. The molecule has 0 spiro atoms. The van der Waals surface area contributed by atoms with Gasteiger partial charge >= 0.3 is 0 Å². The molecule has 25 heavy (non-hydrogen) atoms. The minimum absolute atomic E-state index is 0.0250. The van der Waals surface area contributed by atoms with Gasteiger partial charge in [-0.1, -0.05) is 30.3 Å². The number of aliphatic hydroxyl groups is 1. The van der Waals surface area contributed by atoms with Crippen molar-refractivity contribution in [3.8, 4) is 0 Å². The molecule has 0 radical (unpaired) electrons. The van der Waals surface area contributed by atoms with E-state index in [-0.39, 0.29) is 18.1 Å². The first-order chi connectivity index (χ1) is 12.1. The molecule has 1 atom stereocenters. The van der Waals surface area contributed by atoms with E-state index < -0.39 is 0 Å². The lowest BCUT2D eigenvalue weighted by molar-refractivity contribution is 0.0742. The third kappa shape index (κ3) is 4.02. The van der Waals surface area contributed by atoms with Crippen LogP contribution in [0.25, 0.3) is 0 Å². The van der Waals surface area contributed by atoms with E-state index >= 15 is 0 Å². The van der Waals surface area contributed by atoms with Crippen molar-refractivity contribution in [1.82, 2.24) is 4.90 Å². The summed E-state index contributed by atoms with van der Waals surface area (Å²) < 4.78 is 0. The van der Waals surface area contributed by atoms with E-state index in [9.17, 15) is 9.90 Å². The molecule has 1 N–H and O–H groups in total. The van der Waals surface area contributed by atoms with Gasteiger partial charge in [0.05, 0.1) is 12.1 Å². The van der Waals surface area contributed by atoms with Crippen molar-refractivity contribution in [2.45, 2.75) is 31.9 Å². The van der Waals surface area contributed by atoms with Crippen LogP contribution >= 0.6 is 0 Å². The Balaban J connectivity index is 1.68. The molecule has 2 aromatic rings. The molecule has 1 amide bonds. The molecule has 3 rings (SSSR count). The van der Waals surface area contributed by atoms with Crippen LogP contribution in [0, 0.1) is 0 Å². The first-order valence-electron chi connectivity index (χ1n) is 8.91. The molecular weight excluding hydrogens is 312 g/mol. The van der Waals surface area contributed by atoms with Gasteiger partial charge in [0.2, 0.25) is 0 Å². The number of carbonyl (C=O) groups is 1. The molecular formula is C21H26N2O2. The third-order valence-electron chi connectivity index (χ3n) is 5.13. The van der Waals surface area contributed by atoms with E-state index in [4.69, 9.17) is 0 Å². The lowest BCUT2D eigenvalue weighted by Gasteiger charge is -2.31. The van der Waals surface area contributed by atoms with E-state index in [1.807, 2.05) is 68.6 Å². The molecule has 1 unspecified atom stereocenters. The number of hydrogen-bond donors (Lipinski definition) is 1. The molecule has 1 saturated heterocycles. The Morgan fingerprint density at radius 2 is 1.68 bits per heavy atom. The van der Waals surface area contributed by atoms with E-state index in [1.54, 1.807) is 4.90 Å². The summed E-state index contributed by atoms with van der Waals surface area (Å²) in [5, 5.41) is 9.62. The van der Waals surface area contributed by atoms with Gasteiger partial charge in [-0.05, 0) is 49.6 Å². The van der Waals surface area contributed by atoms with E-state index in [1.165, 1.54) is 0 Å². The number of rotatable bonds is 4. The first-order valence-corrected chi connectivity index (χ1v) is 8.91. The average Bonchev–Trinajstić information content (AvgIpc) is 2.67. The summed E-state index contributed by atoms with van der Waals surface area (Å²) in [5.74, 6) is 0.0250. The lowest BCUT2D eigenvalue weighted by Crippen LogP contribution is -2.35. The SMILES string of the molecule is CC(c1ccccc1)N(C)C(=O)c1ccc(N2CCC(O)CC2)cc1. The maximum Gasteiger partial charge on any atom is 0.254 e. The number of anilines is 1. The van der Waals surface area contributed by atoms with Crippen molar-refractivity contribution in [3.63, 3.8) is 0 Å². The van der Waals surface area contributed by atoms with Crippen LogP contribution in [0.2, 0.25) is 0 Å². The minimum atomic E-state index is -0.176. The van der Waals surface area contributed by atoms with Gasteiger partial charge in [-0.15, -0.1) is 0 Å². The van der Waals surface area contributed by atoms with Crippen LogP contribution in [-0.2, 0) is 0 Å². The standard InChI is InChI=1S/C21H26N2O2/c1-16(17-6-4-3-5-7-17)22(2)21(25)18-8-10-19(11-9-18)23-14-12-20(24)13-15-23/h3-11,16,20,24H,12-15H2,1-2H3. The van der Waals surface area contributed by atoms with Crippen molar-refractivity contribution < 1.29 is 9.90 Å². The predicted octanol–water partition coefficient (Wildman–Crippen LogP) is 3.48. The first kappa shape index (κ1) is 17.5. The average molecular weight is 338 g/mol. The summed E-state index contributed by atoms with van der Waals surface area (Å²) in [6, 6.07) is 17.9. The van der Waals surface area contributed by atoms with Crippen LogP contribution < -0.4 is 4.90 Å². The molecule has 0 aromatic heterocycles. The van der Waals surface area contributed by atoms with Gasteiger partial charge in [-0.3, -0.25) is 4.79 Å². The number of benzene rings is 2. The molecule has 1 heterocycles. The summed E-state index contributed by atoms with van der Waals surface area (Å²) in [6.45, 7) is 3.76. The molecule has 1 fully saturated rings. The van der Waals surface area contributed by atoms with Gasteiger partial charge in [0.15, 0.2) is 0 Å². The molecule has 0 aliphatic carbocycles. The quantitative estimate of drug-likeness (QED) is 0.928. The van der Waals surface area contributed by atoms with Crippen LogP contribution in [0.4, 0.5) is 5.69 Å². The largest absolute Gasteiger partial charge is 0.393 e. The number of aliphatic hydroxyl groups excluding tert-OH is 1. The molecule has 0 bridgehead atoms. The Hall–Kier alpha value is -2.33. The molecule has 2 aromatic carbocycles. The summed E-state index contributed by atoms with van der Waals surface area (Å²) in [5.41, 5.74) is 2.94. The molecule has 4 heteroatoms. The highest BCUT2D eigenvalue weighted by atomic mass is 16.3. The zero-order valence-corrected chi connectivity index (χ0v) is 14.9.